The maximum Gasteiger partial charge on any atom is 0.0239 e. The van der Waals surface area contributed by atoms with E-state index >= 15 is 0 Å². The number of hydrogen-bond acceptors (Lipinski definition) is 1. The Morgan fingerprint density at radius 1 is 1.27 bits per heavy atom. The minimum atomic E-state index is 0.382. The molecule has 0 aromatic heterocycles. The molecule has 2 heteroatoms. The molecule has 0 saturated carbocycles. The van der Waals surface area contributed by atoms with Gasteiger partial charge in [-0.15, -0.1) is 0 Å². The predicted octanol–water partition coefficient (Wildman–Crippen LogP) is 3.82. The molecule has 0 N–H and O–H groups in total. The van der Waals surface area contributed by atoms with Crippen LogP contribution < -0.4 is 0 Å². The Labute approximate surface area is 101 Å². The second-order valence-corrected chi connectivity index (χ2v) is 5.88. The van der Waals surface area contributed by atoms with E-state index in [0.717, 1.165) is 11.0 Å². The first-order chi connectivity index (χ1) is 7.08. The van der Waals surface area contributed by atoms with Gasteiger partial charge < -0.3 is 0 Å². The minimum Gasteiger partial charge on any atom is -0.294 e. The number of nitrogens with zero attached hydrogens (tertiary/aromatic N) is 1. The first-order valence-electron chi connectivity index (χ1n) is 5.57. The lowest BCUT2D eigenvalue weighted by Gasteiger charge is -2.31. The van der Waals surface area contributed by atoms with Gasteiger partial charge in [0.1, 0.15) is 0 Å². The Bertz CT molecular complexity index is 329. The van der Waals surface area contributed by atoms with Crippen LogP contribution in [0.3, 0.4) is 0 Å². The molecule has 0 aliphatic carbocycles. The quantitative estimate of drug-likeness (QED) is 0.788. The number of hydrogen-bond donors (Lipinski definition) is 0. The van der Waals surface area contributed by atoms with E-state index in [-0.39, 0.29) is 0 Å². The standard InChI is InChI=1S/C13H18BrN/c1-13(2)8-3-9-15(13)10-11-4-6-12(14)7-5-11/h4-7H,3,8-10H2,1-2H3. The Morgan fingerprint density at radius 2 is 1.93 bits per heavy atom. The van der Waals surface area contributed by atoms with Crippen molar-refractivity contribution >= 4 is 15.9 Å². The van der Waals surface area contributed by atoms with Crippen molar-refractivity contribution in [1.29, 1.82) is 0 Å². The van der Waals surface area contributed by atoms with Crippen LogP contribution in [0.5, 0.6) is 0 Å². The molecule has 1 aliphatic rings. The maximum atomic E-state index is 3.47. The molecule has 1 aliphatic heterocycles. The van der Waals surface area contributed by atoms with Crippen molar-refractivity contribution in [3.8, 4) is 0 Å². The lowest BCUT2D eigenvalue weighted by molar-refractivity contribution is 0.166. The molecule has 0 radical (unpaired) electrons. The van der Waals surface area contributed by atoms with Gasteiger partial charge in [-0.25, -0.2) is 0 Å². The molecule has 82 valence electrons. The highest BCUT2D eigenvalue weighted by molar-refractivity contribution is 9.10. The summed E-state index contributed by atoms with van der Waals surface area (Å²) < 4.78 is 1.16. The van der Waals surface area contributed by atoms with Gasteiger partial charge in [0.25, 0.3) is 0 Å². The van der Waals surface area contributed by atoms with Crippen LogP contribution >= 0.6 is 15.9 Å². The average molecular weight is 268 g/mol. The van der Waals surface area contributed by atoms with Crippen LogP contribution in [0.15, 0.2) is 28.7 Å². The molecule has 2 rings (SSSR count). The summed E-state index contributed by atoms with van der Waals surface area (Å²) in [5.74, 6) is 0. The van der Waals surface area contributed by atoms with Gasteiger partial charge in [0.15, 0.2) is 0 Å². The van der Waals surface area contributed by atoms with Crippen LogP contribution in [0.2, 0.25) is 0 Å². The van der Waals surface area contributed by atoms with E-state index in [1.807, 2.05) is 0 Å². The smallest absolute Gasteiger partial charge is 0.0239 e. The summed E-state index contributed by atoms with van der Waals surface area (Å²) >= 11 is 3.47. The number of rotatable bonds is 2. The Hall–Kier alpha value is -0.340. The molecule has 1 aromatic rings. The van der Waals surface area contributed by atoms with Crippen molar-refractivity contribution in [2.45, 2.75) is 38.8 Å². The first-order valence-corrected chi connectivity index (χ1v) is 6.37. The number of likely N-dealkylation sites (tertiary alicyclic amines) is 1. The molecule has 1 aromatic carbocycles. The van der Waals surface area contributed by atoms with Crippen LogP contribution in [0, 0.1) is 0 Å². The molecule has 0 bridgehead atoms. The van der Waals surface area contributed by atoms with Gasteiger partial charge in [-0.3, -0.25) is 4.90 Å². The summed E-state index contributed by atoms with van der Waals surface area (Å²) in [6, 6.07) is 8.66. The van der Waals surface area contributed by atoms with Crippen molar-refractivity contribution in [2.75, 3.05) is 6.54 Å². The normalized spacial score (nSPS) is 20.7. The molecule has 1 nitrogen and oxygen atoms in total. The van der Waals surface area contributed by atoms with Crippen LogP contribution in [-0.4, -0.2) is 17.0 Å². The lowest BCUT2D eigenvalue weighted by Crippen LogP contribution is -2.37. The minimum absolute atomic E-state index is 0.382. The predicted molar refractivity (Wildman–Crippen MR) is 67.9 cm³/mol. The topological polar surface area (TPSA) is 3.24 Å². The molecule has 0 amide bonds. The summed E-state index contributed by atoms with van der Waals surface area (Å²) in [4.78, 5) is 2.58. The van der Waals surface area contributed by atoms with Gasteiger partial charge in [0.05, 0.1) is 0 Å². The highest BCUT2D eigenvalue weighted by atomic mass is 79.9. The zero-order chi connectivity index (χ0) is 10.9. The fourth-order valence-electron chi connectivity index (χ4n) is 2.27. The molecule has 1 saturated heterocycles. The van der Waals surface area contributed by atoms with Gasteiger partial charge in [-0.2, -0.15) is 0 Å². The maximum absolute atomic E-state index is 3.47. The van der Waals surface area contributed by atoms with Crippen molar-refractivity contribution < 1.29 is 0 Å². The summed E-state index contributed by atoms with van der Waals surface area (Å²) in [6.45, 7) is 7.01. The number of benzene rings is 1. The third-order valence-electron chi connectivity index (χ3n) is 3.36. The summed E-state index contributed by atoms with van der Waals surface area (Å²) in [5.41, 5.74) is 1.79. The zero-order valence-electron chi connectivity index (χ0n) is 9.46. The van der Waals surface area contributed by atoms with E-state index in [9.17, 15) is 0 Å². The summed E-state index contributed by atoms with van der Waals surface area (Å²) in [7, 11) is 0. The van der Waals surface area contributed by atoms with Gasteiger partial charge in [0, 0.05) is 16.6 Å². The molecule has 0 spiro atoms. The third-order valence-corrected chi connectivity index (χ3v) is 3.89. The second kappa shape index (κ2) is 4.26. The van der Waals surface area contributed by atoms with Gasteiger partial charge in [-0.1, -0.05) is 28.1 Å². The Kier molecular flexibility index (Phi) is 3.17. The molecule has 1 fully saturated rings. The van der Waals surface area contributed by atoms with Gasteiger partial charge in [-0.05, 0) is 50.9 Å². The van der Waals surface area contributed by atoms with E-state index in [1.54, 1.807) is 0 Å². The Morgan fingerprint density at radius 3 is 2.47 bits per heavy atom. The van der Waals surface area contributed by atoms with Crippen LogP contribution in [0.25, 0.3) is 0 Å². The van der Waals surface area contributed by atoms with Crippen molar-refractivity contribution in [2.24, 2.45) is 0 Å². The molecule has 15 heavy (non-hydrogen) atoms. The highest BCUT2D eigenvalue weighted by Gasteiger charge is 2.31. The fourth-order valence-corrected chi connectivity index (χ4v) is 2.53. The van der Waals surface area contributed by atoms with E-state index in [4.69, 9.17) is 0 Å². The summed E-state index contributed by atoms with van der Waals surface area (Å²) in [6.07, 6.45) is 2.66. The highest BCUT2D eigenvalue weighted by Crippen LogP contribution is 2.29. The fraction of sp³-hybridized carbons (Fsp3) is 0.538. The van der Waals surface area contributed by atoms with E-state index in [1.165, 1.54) is 24.9 Å². The molecule has 0 unspecified atom stereocenters. The van der Waals surface area contributed by atoms with Crippen molar-refractivity contribution in [3.63, 3.8) is 0 Å². The van der Waals surface area contributed by atoms with Gasteiger partial charge in [0.2, 0.25) is 0 Å². The van der Waals surface area contributed by atoms with E-state index in [2.05, 4.69) is 58.9 Å². The molecular weight excluding hydrogens is 250 g/mol. The number of halogens is 1. The zero-order valence-corrected chi connectivity index (χ0v) is 11.0. The third kappa shape index (κ3) is 2.61. The molecular formula is C13H18BrN. The summed E-state index contributed by atoms with van der Waals surface area (Å²) in [5, 5.41) is 0. The van der Waals surface area contributed by atoms with Crippen LogP contribution in [0.4, 0.5) is 0 Å². The van der Waals surface area contributed by atoms with Crippen LogP contribution in [-0.2, 0) is 6.54 Å². The van der Waals surface area contributed by atoms with E-state index in [0.29, 0.717) is 5.54 Å². The average Bonchev–Trinajstić information content (AvgIpc) is 2.50. The Balaban J connectivity index is 2.06. The monoisotopic (exact) mass is 267 g/mol. The SMILES string of the molecule is CC1(C)CCCN1Cc1ccc(Br)cc1. The largest absolute Gasteiger partial charge is 0.294 e. The van der Waals surface area contributed by atoms with Crippen LogP contribution in [0.1, 0.15) is 32.3 Å². The first kappa shape index (κ1) is 11.2. The molecule has 1 heterocycles. The second-order valence-electron chi connectivity index (χ2n) is 4.96. The lowest BCUT2D eigenvalue weighted by atomic mass is 10.0. The molecule has 0 atom stereocenters. The van der Waals surface area contributed by atoms with Crippen molar-refractivity contribution in [1.82, 2.24) is 4.90 Å². The van der Waals surface area contributed by atoms with Gasteiger partial charge >= 0.3 is 0 Å². The van der Waals surface area contributed by atoms with E-state index < -0.39 is 0 Å². The van der Waals surface area contributed by atoms with Crippen molar-refractivity contribution in [3.05, 3.63) is 34.3 Å².